The summed E-state index contributed by atoms with van der Waals surface area (Å²) in [6, 6.07) is 16.8. The molecule has 1 aromatic heterocycles. The minimum Gasteiger partial charge on any atom is -0.444 e. The van der Waals surface area contributed by atoms with Gasteiger partial charge in [-0.2, -0.15) is 5.10 Å². The van der Waals surface area contributed by atoms with Crippen LogP contribution in [-0.4, -0.2) is 115 Å². The minimum atomic E-state index is -0.974. The molecule has 3 aliphatic heterocycles. The second kappa shape index (κ2) is 14.8. The molecule has 4 heterocycles. The van der Waals surface area contributed by atoms with E-state index in [1.54, 1.807) is 48.5 Å². The number of rotatable bonds is 9. The highest BCUT2D eigenvalue weighted by atomic mass is 16.6. The van der Waals surface area contributed by atoms with Crippen molar-refractivity contribution in [3.05, 3.63) is 83.6 Å². The number of fused-ring (bicyclic) bond motifs is 1. The Morgan fingerprint density at radius 2 is 1.78 bits per heavy atom. The summed E-state index contributed by atoms with van der Waals surface area (Å²) in [5.41, 5.74) is 3.01. The van der Waals surface area contributed by atoms with Crippen LogP contribution in [0.25, 0.3) is 5.69 Å². The van der Waals surface area contributed by atoms with Crippen molar-refractivity contribution in [1.82, 2.24) is 24.9 Å². The predicted octanol–water partition coefficient (Wildman–Crippen LogP) is 4.19. The first-order chi connectivity index (χ1) is 24.0. The lowest BCUT2D eigenvalue weighted by molar-refractivity contribution is -0.121. The molecule has 1 N–H and O–H groups in total. The molecule has 2 aromatic carbocycles. The van der Waals surface area contributed by atoms with Crippen LogP contribution < -0.4 is 15.1 Å². The molecule has 266 valence electrons. The number of amides is 3. The number of piperazine rings is 1. The number of hydrogen-bond acceptors (Lipinski definition) is 8. The quantitative estimate of drug-likeness (QED) is 0.335. The van der Waals surface area contributed by atoms with Crippen LogP contribution in [0.3, 0.4) is 0 Å². The summed E-state index contributed by atoms with van der Waals surface area (Å²) in [7, 11) is 1.78. The number of benzene rings is 2. The third kappa shape index (κ3) is 7.33. The zero-order chi connectivity index (χ0) is 35.6. The van der Waals surface area contributed by atoms with E-state index >= 15 is 0 Å². The largest absolute Gasteiger partial charge is 0.444 e. The van der Waals surface area contributed by atoms with E-state index in [0.29, 0.717) is 30.6 Å². The van der Waals surface area contributed by atoms with E-state index in [4.69, 9.17) is 14.6 Å². The van der Waals surface area contributed by atoms with Gasteiger partial charge in [-0.05, 0) is 64.4 Å². The number of allylic oxidation sites excluding steroid dienone is 1. The average molecular weight is 684 g/mol. The van der Waals surface area contributed by atoms with Crippen LogP contribution in [0.1, 0.15) is 51.7 Å². The van der Waals surface area contributed by atoms with E-state index in [0.717, 1.165) is 61.8 Å². The van der Waals surface area contributed by atoms with E-state index in [-0.39, 0.29) is 11.8 Å². The summed E-state index contributed by atoms with van der Waals surface area (Å²) < 4.78 is 12.8. The second-order valence-corrected chi connectivity index (χ2v) is 14.1. The lowest BCUT2D eigenvalue weighted by Gasteiger charge is -2.42. The molecule has 3 aliphatic rings. The molecule has 0 saturated carbocycles. The molecule has 0 unspecified atom stereocenters. The zero-order valence-corrected chi connectivity index (χ0v) is 30.0. The third-order valence-corrected chi connectivity index (χ3v) is 9.70. The lowest BCUT2D eigenvalue weighted by Crippen LogP contribution is -2.56. The molecule has 12 heteroatoms. The van der Waals surface area contributed by atoms with E-state index in [9.17, 15) is 14.4 Å². The van der Waals surface area contributed by atoms with Crippen LogP contribution in [0, 0.1) is 0 Å². The number of hydrogen-bond donors (Lipinski definition) is 1. The number of ether oxygens (including phenoxy) is 2. The maximum atomic E-state index is 14.3. The highest BCUT2D eigenvalue weighted by molar-refractivity contribution is 6.06. The van der Waals surface area contributed by atoms with Gasteiger partial charge in [-0.1, -0.05) is 36.4 Å². The molecule has 2 fully saturated rings. The van der Waals surface area contributed by atoms with Crippen LogP contribution in [-0.2, 0) is 19.1 Å². The molecule has 0 bridgehead atoms. The van der Waals surface area contributed by atoms with Crippen molar-refractivity contribution in [2.24, 2.45) is 0 Å². The summed E-state index contributed by atoms with van der Waals surface area (Å²) in [6.07, 6.45) is 2.99. The van der Waals surface area contributed by atoms with Crippen LogP contribution in [0.15, 0.2) is 72.4 Å². The smallest absolute Gasteiger partial charge is 0.408 e. The third-order valence-electron chi connectivity index (χ3n) is 9.70. The first kappa shape index (κ1) is 35.3. The van der Waals surface area contributed by atoms with Gasteiger partial charge in [0, 0.05) is 69.1 Å². The zero-order valence-electron chi connectivity index (χ0n) is 30.0. The van der Waals surface area contributed by atoms with Crippen molar-refractivity contribution >= 4 is 29.4 Å². The number of alkyl carbamates (subject to hydrolysis) is 1. The molecular formula is C38H49N7O5. The Balaban J connectivity index is 1.30. The number of nitrogens with zero attached hydrogens (tertiary/aromatic N) is 6. The van der Waals surface area contributed by atoms with Gasteiger partial charge in [0.2, 0.25) is 0 Å². The minimum absolute atomic E-state index is 0.0858. The van der Waals surface area contributed by atoms with Gasteiger partial charge in [0.25, 0.3) is 11.8 Å². The summed E-state index contributed by atoms with van der Waals surface area (Å²) >= 11 is 0. The van der Waals surface area contributed by atoms with E-state index < -0.39 is 23.7 Å². The van der Waals surface area contributed by atoms with Crippen LogP contribution in [0.4, 0.5) is 16.3 Å². The maximum absolute atomic E-state index is 14.3. The number of anilines is 2. The molecule has 3 aromatic rings. The maximum Gasteiger partial charge on any atom is 0.408 e. The Kier molecular flexibility index (Phi) is 10.4. The van der Waals surface area contributed by atoms with Gasteiger partial charge in [0.05, 0.1) is 31.1 Å². The van der Waals surface area contributed by atoms with Crippen molar-refractivity contribution in [2.75, 3.05) is 69.3 Å². The number of carbonyl (C=O) groups excluding carboxylic acids is 3. The fourth-order valence-corrected chi connectivity index (χ4v) is 6.96. The standard InChI is InChI=1S/C38H49N7O5/c1-7-26(23-42-17-19-43(20-18-42)30-24-49-25-30)35(46)41(6)29-16-12-13-27(21-29)32-31-22-39-45(28-14-10-9-11-15-28)34(31)44(8-2)36(47)33(32)40-37(48)50-38(3,4)5/h7,9-16,21-22,30,32-33H,8,17-20,23-25H2,1-6H3,(H,40,48)/b26-7+/t32-,33+/m1/s1. The number of carbonyl (C=O) groups is 3. The van der Waals surface area contributed by atoms with Gasteiger partial charge in [-0.3, -0.25) is 24.3 Å². The van der Waals surface area contributed by atoms with Gasteiger partial charge in [0.15, 0.2) is 0 Å². The SMILES string of the molecule is C/C=C(\CN1CCN(C2COC2)CC1)C(=O)N(C)c1cccc([C@@H]2c3cnn(-c4ccccc4)c3N(CC)C(=O)[C@H]2NC(=O)OC(C)(C)C)c1. The van der Waals surface area contributed by atoms with Gasteiger partial charge in [-0.25, -0.2) is 9.48 Å². The van der Waals surface area contributed by atoms with Crippen molar-refractivity contribution in [2.45, 2.75) is 58.2 Å². The van der Waals surface area contributed by atoms with Gasteiger partial charge in [-0.15, -0.1) is 0 Å². The molecule has 50 heavy (non-hydrogen) atoms. The normalized spacial score (nSPS) is 20.6. The number of aromatic nitrogens is 2. The fraction of sp³-hybridized carbons (Fsp3) is 0.474. The molecule has 2 atom stereocenters. The summed E-state index contributed by atoms with van der Waals surface area (Å²) in [5, 5.41) is 7.63. The van der Waals surface area contributed by atoms with E-state index in [1.165, 1.54) is 0 Å². The van der Waals surface area contributed by atoms with Gasteiger partial charge < -0.3 is 19.7 Å². The first-order valence-electron chi connectivity index (χ1n) is 17.5. The molecule has 0 aliphatic carbocycles. The van der Waals surface area contributed by atoms with Crippen LogP contribution in [0.2, 0.25) is 0 Å². The molecule has 0 radical (unpaired) electrons. The fourth-order valence-electron chi connectivity index (χ4n) is 6.96. The predicted molar refractivity (Wildman–Crippen MR) is 193 cm³/mol. The second-order valence-electron chi connectivity index (χ2n) is 14.1. The summed E-state index contributed by atoms with van der Waals surface area (Å²) in [5.74, 6) is -0.318. The van der Waals surface area contributed by atoms with Crippen molar-refractivity contribution in [1.29, 1.82) is 0 Å². The molecule has 0 spiro atoms. The molecule has 3 amide bonds. The number of para-hydroxylation sites is 1. The molecule has 12 nitrogen and oxygen atoms in total. The van der Waals surface area contributed by atoms with Gasteiger partial charge in [0.1, 0.15) is 17.5 Å². The van der Waals surface area contributed by atoms with E-state index in [1.807, 2.05) is 74.5 Å². The molecular weight excluding hydrogens is 634 g/mol. The lowest BCUT2D eigenvalue weighted by atomic mass is 9.82. The van der Waals surface area contributed by atoms with Gasteiger partial charge >= 0.3 is 6.09 Å². The Bertz CT molecular complexity index is 1720. The van der Waals surface area contributed by atoms with Crippen molar-refractivity contribution in [3.63, 3.8) is 0 Å². The first-order valence-corrected chi connectivity index (χ1v) is 17.5. The highest BCUT2D eigenvalue weighted by Crippen LogP contribution is 2.42. The van der Waals surface area contributed by atoms with E-state index in [2.05, 4.69) is 15.1 Å². The summed E-state index contributed by atoms with van der Waals surface area (Å²) in [6.45, 7) is 15.5. The Labute approximate surface area is 294 Å². The van der Waals surface area contributed by atoms with Crippen LogP contribution in [0.5, 0.6) is 0 Å². The Morgan fingerprint density at radius 3 is 2.40 bits per heavy atom. The van der Waals surface area contributed by atoms with Crippen LogP contribution >= 0.6 is 0 Å². The molecule has 2 saturated heterocycles. The van der Waals surface area contributed by atoms with Crippen molar-refractivity contribution in [3.8, 4) is 5.69 Å². The number of nitrogens with one attached hydrogen (secondary N) is 1. The summed E-state index contributed by atoms with van der Waals surface area (Å²) in [4.78, 5) is 49.6. The number of likely N-dealkylation sites (N-methyl/N-ethyl adjacent to an activating group) is 2. The highest BCUT2D eigenvalue weighted by Gasteiger charge is 2.45. The average Bonchev–Trinajstić information content (AvgIpc) is 3.51. The molecule has 6 rings (SSSR count). The Morgan fingerprint density at radius 1 is 1.06 bits per heavy atom. The monoisotopic (exact) mass is 683 g/mol. The topological polar surface area (TPSA) is 112 Å². The Hall–Kier alpha value is -4.52. The van der Waals surface area contributed by atoms with Crippen molar-refractivity contribution < 1.29 is 23.9 Å².